The maximum Gasteiger partial charge on any atom is 0.264 e. The van der Waals surface area contributed by atoms with E-state index in [0.29, 0.717) is 15.6 Å². The van der Waals surface area contributed by atoms with Gasteiger partial charge in [0.05, 0.1) is 15.6 Å². The molecule has 0 saturated carbocycles. The van der Waals surface area contributed by atoms with Gasteiger partial charge in [-0.3, -0.25) is 13.9 Å². The highest BCUT2D eigenvalue weighted by Gasteiger charge is 2.33. The Kier molecular flexibility index (Phi) is 10.1. The summed E-state index contributed by atoms with van der Waals surface area (Å²) in [5.41, 5.74) is 0.560. The van der Waals surface area contributed by atoms with E-state index in [2.05, 4.69) is 5.32 Å². The summed E-state index contributed by atoms with van der Waals surface area (Å²) in [7, 11) is -4.21. The van der Waals surface area contributed by atoms with Gasteiger partial charge in [-0.15, -0.1) is 0 Å². The van der Waals surface area contributed by atoms with Crippen LogP contribution in [0.5, 0.6) is 0 Å². The van der Waals surface area contributed by atoms with Gasteiger partial charge in [-0.2, -0.15) is 0 Å². The third-order valence-electron chi connectivity index (χ3n) is 5.72. The summed E-state index contributed by atoms with van der Waals surface area (Å²) in [5, 5.41) is 3.56. The molecule has 0 bridgehead atoms. The van der Waals surface area contributed by atoms with Gasteiger partial charge >= 0.3 is 0 Å². The molecule has 0 fully saturated rings. The van der Waals surface area contributed by atoms with Crippen LogP contribution in [0.2, 0.25) is 15.1 Å². The minimum atomic E-state index is -4.21. The lowest BCUT2D eigenvalue weighted by molar-refractivity contribution is -0.139. The maximum atomic E-state index is 13.9. The molecule has 3 aromatic rings. The average Bonchev–Trinajstić information content (AvgIpc) is 2.87. The number of carbonyl (C=O) groups is 2. The van der Waals surface area contributed by atoms with Crippen molar-refractivity contribution in [3.63, 3.8) is 0 Å². The van der Waals surface area contributed by atoms with Crippen molar-refractivity contribution in [1.29, 1.82) is 0 Å². The summed E-state index contributed by atoms with van der Waals surface area (Å²) in [6, 6.07) is 17.8. The van der Waals surface area contributed by atoms with Crippen molar-refractivity contribution in [3.05, 3.63) is 93.4 Å². The lowest BCUT2D eigenvalue weighted by Gasteiger charge is -2.32. The zero-order chi connectivity index (χ0) is 28.0. The summed E-state index contributed by atoms with van der Waals surface area (Å²) in [4.78, 5) is 28.1. The molecule has 0 unspecified atom stereocenters. The zero-order valence-corrected chi connectivity index (χ0v) is 24.2. The van der Waals surface area contributed by atoms with Crippen LogP contribution >= 0.6 is 34.8 Å². The minimum Gasteiger partial charge on any atom is -0.352 e. The first kappa shape index (κ1) is 29.8. The molecule has 0 aromatic heterocycles. The molecule has 0 heterocycles. The number of hydrogen-bond donors (Lipinski definition) is 1. The quantitative estimate of drug-likeness (QED) is 0.321. The molecule has 0 aliphatic rings. The molecule has 1 atom stereocenters. The average molecular weight is 597 g/mol. The van der Waals surface area contributed by atoms with Gasteiger partial charge in [0.15, 0.2) is 0 Å². The Morgan fingerprint density at radius 1 is 0.816 bits per heavy atom. The molecule has 0 aliphatic heterocycles. The molecule has 0 spiro atoms. The highest BCUT2D eigenvalue weighted by atomic mass is 35.5. The van der Waals surface area contributed by atoms with Crippen molar-refractivity contribution in [2.75, 3.05) is 10.8 Å². The molecule has 3 aromatic carbocycles. The van der Waals surface area contributed by atoms with Gasteiger partial charge in [0.25, 0.3) is 10.0 Å². The van der Waals surface area contributed by atoms with Crippen molar-refractivity contribution in [2.45, 2.75) is 44.3 Å². The van der Waals surface area contributed by atoms with E-state index in [1.807, 2.05) is 0 Å². The number of halogens is 3. The van der Waals surface area contributed by atoms with Gasteiger partial charge in [0, 0.05) is 28.2 Å². The van der Waals surface area contributed by atoms with Crippen LogP contribution in [0, 0.1) is 0 Å². The highest BCUT2D eigenvalue weighted by Crippen LogP contribution is 2.31. The van der Waals surface area contributed by atoms with E-state index < -0.39 is 34.4 Å². The second-order valence-electron chi connectivity index (χ2n) is 8.84. The first-order chi connectivity index (χ1) is 17.9. The molecule has 2 amide bonds. The van der Waals surface area contributed by atoms with Crippen LogP contribution in [0.15, 0.2) is 77.7 Å². The predicted molar refractivity (Wildman–Crippen MR) is 152 cm³/mol. The third-order valence-corrected chi connectivity index (χ3v) is 8.52. The van der Waals surface area contributed by atoms with Crippen LogP contribution in [-0.2, 0) is 26.2 Å². The fourth-order valence-corrected chi connectivity index (χ4v) is 5.99. The van der Waals surface area contributed by atoms with Crippen LogP contribution in [0.25, 0.3) is 0 Å². The number of sulfonamides is 1. The molecule has 202 valence electrons. The molecular weight excluding hydrogens is 569 g/mol. The molecule has 38 heavy (non-hydrogen) atoms. The number of para-hydroxylation sites is 1. The number of nitrogens with zero attached hydrogens (tertiary/aromatic N) is 2. The molecule has 0 aliphatic carbocycles. The Bertz CT molecular complexity index is 1380. The number of benzene rings is 3. The minimum absolute atomic E-state index is 0.0148. The maximum absolute atomic E-state index is 13.9. The standard InChI is InChI=1S/C27H28Cl3N3O4S/c1-18(2)31-27(35)19(3)32(16-21-22(28)13-9-14-23(21)29)26(34)17-33(25-15-8-7-12-24(25)30)38(36,37)20-10-5-4-6-11-20/h4-15,18-19H,16-17H2,1-3H3,(H,31,35)/t19-/m1/s1. The summed E-state index contributed by atoms with van der Waals surface area (Å²) >= 11 is 19.1. The molecule has 1 N–H and O–H groups in total. The zero-order valence-electron chi connectivity index (χ0n) is 21.1. The lowest BCUT2D eigenvalue weighted by atomic mass is 10.1. The van der Waals surface area contributed by atoms with Gasteiger partial charge in [0.1, 0.15) is 12.6 Å². The van der Waals surface area contributed by atoms with E-state index in [0.717, 1.165) is 4.31 Å². The van der Waals surface area contributed by atoms with E-state index in [1.54, 1.807) is 69.3 Å². The topological polar surface area (TPSA) is 86.8 Å². The number of carbonyl (C=O) groups excluding carboxylic acids is 2. The van der Waals surface area contributed by atoms with E-state index >= 15 is 0 Å². The largest absolute Gasteiger partial charge is 0.352 e. The molecule has 0 saturated heterocycles. The Morgan fingerprint density at radius 2 is 1.37 bits per heavy atom. The first-order valence-corrected chi connectivity index (χ1v) is 14.4. The molecule has 7 nitrogen and oxygen atoms in total. The van der Waals surface area contributed by atoms with Crippen molar-refractivity contribution < 1.29 is 18.0 Å². The van der Waals surface area contributed by atoms with Crippen molar-refractivity contribution in [3.8, 4) is 0 Å². The number of rotatable bonds is 10. The van der Waals surface area contributed by atoms with Crippen molar-refractivity contribution >= 4 is 62.3 Å². The van der Waals surface area contributed by atoms with Gasteiger partial charge in [-0.1, -0.05) is 71.2 Å². The van der Waals surface area contributed by atoms with E-state index in [1.165, 1.54) is 29.2 Å². The van der Waals surface area contributed by atoms with Gasteiger partial charge in [-0.25, -0.2) is 8.42 Å². The van der Waals surface area contributed by atoms with E-state index in [4.69, 9.17) is 34.8 Å². The van der Waals surface area contributed by atoms with Crippen molar-refractivity contribution in [2.24, 2.45) is 0 Å². The molecular formula is C27H28Cl3N3O4S. The highest BCUT2D eigenvalue weighted by molar-refractivity contribution is 7.92. The normalized spacial score (nSPS) is 12.2. The Labute approximate surface area is 238 Å². The number of hydrogen-bond acceptors (Lipinski definition) is 4. The Morgan fingerprint density at radius 3 is 1.95 bits per heavy atom. The third kappa shape index (κ3) is 6.99. The fourth-order valence-electron chi connectivity index (χ4n) is 3.73. The lowest BCUT2D eigenvalue weighted by Crippen LogP contribution is -2.52. The molecule has 0 radical (unpaired) electrons. The first-order valence-electron chi connectivity index (χ1n) is 11.8. The van der Waals surface area contributed by atoms with Crippen LogP contribution in [0.1, 0.15) is 26.3 Å². The number of nitrogens with one attached hydrogen (secondary N) is 1. The van der Waals surface area contributed by atoms with E-state index in [9.17, 15) is 18.0 Å². The predicted octanol–water partition coefficient (Wildman–Crippen LogP) is 5.78. The van der Waals surface area contributed by atoms with Crippen LogP contribution in [-0.4, -0.2) is 43.8 Å². The summed E-state index contributed by atoms with van der Waals surface area (Å²) in [5.74, 6) is -1.06. The van der Waals surface area contributed by atoms with E-state index in [-0.39, 0.29) is 28.2 Å². The Balaban J connectivity index is 2.07. The SMILES string of the molecule is CC(C)NC(=O)[C@@H](C)N(Cc1c(Cl)cccc1Cl)C(=O)CN(c1ccccc1Cl)S(=O)(=O)c1ccccc1. The van der Waals surface area contributed by atoms with Gasteiger partial charge in [-0.05, 0) is 57.2 Å². The van der Waals surface area contributed by atoms with Gasteiger partial charge < -0.3 is 10.2 Å². The number of anilines is 1. The van der Waals surface area contributed by atoms with Crippen LogP contribution in [0.3, 0.4) is 0 Å². The molecule has 11 heteroatoms. The smallest absolute Gasteiger partial charge is 0.264 e. The van der Waals surface area contributed by atoms with Gasteiger partial charge in [0.2, 0.25) is 11.8 Å². The summed E-state index contributed by atoms with van der Waals surface area (Å²) in [6.07, 6.45) is 0. The monoisotopic (exact) mass is 595 g/mol. The van der Waals surface area contributed by atoms with Crippen LogP contribution < -0.4 is 9.62 Å². The fraction of sp³-hybridized carbons (Fsp3) is 0.259. The van der Waals surface area contributed by atoms with Crippen molar-refractivity contribution in [1.82, 2.24) is 10.2 Å². The Hall–Kier alpha value is -2.78. The molecule has 3 rings (SSSR count). The summed E-state index contributed by atoms with van der Waals surface area (Å²) < 4.78 is 28.4. The number of amides is 2. The summed E-state index contributed by atoms with van der Waals surface area (Å²) in [6.45, 7) is 4.42. The second kappa shape index (κ2) is 12.8. The second-order valence-corrected chi connectivity index (χ2v) is 11.9. The van der Waals surface area contributed by atoms with Crippen LogP contribution in [0.4, 0.5) is 5.69 Å².